The number of anilines is 1. The number of nitrogens with one attached hydrogen (secondary N) is 1. The Morgan fingerprint density at radius 1 is 1.26 bits per heavy atom. The van der Waals surface area contributed by atoms with Crippen LogP contribution in [0.5, 0.6) is 0 Å². The minimum Gasteiger partial charge on any atom is -0.461 e. The van der Waals surface area contributed by atoms with E-state index in [0.29, 0.717) is 6.92 Å². The number of amides is 1. The summed E-state index contributed by atoms with van der Waals surface area (Å²) in [5.74, 6) is -9.47. The molecule has 1 fully saturated rings. The Kier molecular flexibility index (Phi) is 5.68. The fourth-order valence-electron chi connectivity index (χ4n) is 4.30. The van der Waals surface area contributed by atoms with Crippen molar-refractivity contribution in [2.45, 2.75) is 43.3 Å². The molecule has 0 spiro atoms. The molecule has 13 heteroatoms. The van der Waals surface area contributed by atoms with Gasteiger partial charge in [-0.3, -0.25) is 9.78 Å². The quantitative estimate of drug-likeness (QED) is 0.623. The number of fused-ring (bicyclic) bond motifs is 1. The molecule has 7 nitrogen and oxygen atoms in total. The number of aromatic nitrogens is 2. The van der Waals surface area contributed by atoms with Crippen molar-refractivity contribution in [3.8, 4) is 0 Å². The Morgan fingerprint density at radius 3 is 2.62 bits per heavy atom. The van der Waals surface area contributed by atoms with Crippen LogP contribution in [-0.4, -0.2) is 40.6 Å². The Bertz CT molecular complexity index is 1140. The van der Waals surface area contributed by atoms with Crippen molar-refractivity contribution in [2.24, 2.45) is 16.6 Å². The summed E-state index contributed by atoms with van der Waals surface area (Å²) in [7, 11) is 0. The number of carbonyl (C=O) groups excluding carboxylic acids is 1. The molecule has 3 atom stereocenters. The number of nitrogens with zero attached hydrogens (tertiary/aromatic N) is 3. The van der Waals surface area contributed by atoms with E-state index in [9.17, 15) is 31.1 Å². The van der Waals surface area contributed by atoms with Gasteiger partial charge in [-0.25, -0.2) is 27.5 Å². The molecular formula is C21H19F6N5O2. The third kappa shape index (κ3) is 4.26. The lowest BCUT2D eigenvalue weighted by Gasteiger charge is -2.40. The molecule has 1 aliphatic carbocycles. The van der Waals surface area contributed by atoms with Gasteiger partial charge in [-0.1, -0.05) is 0 Å². The molecule has 1 aliphatic heterocycles. The van der Waals surface area contributed by atoms with Crippen LogP contribution in [0.3, 0.4) is 0 Å². The molecule has 1 amide bonds. The summed E-state index contributed by atoms with van der Waals surface area (Å²) in [4.78, 5) is 23.5. The molecule has 0 saturated heterocycles. The van der Waals surface area contributed by atoms with Gasteiger partial charge in [0.15, 0.2) is 0 Å². The van der Waals surface area contributed by atoms with Crippen LogP contribution < -0.4 is 11.1 Å². The van der Waals surface area contributed by atoms with Crippen LogP contribution in [0.25, 0.3) is 0 Å². The molecule has 34 heavy (non-hydrogen) atoms. The fraction of sp³-hybridized carbons (Fsp3) is 0.429. The first-order valence-electron chi connectivity index (χ1n) is 10.1. The van der Waals surface area contributed by atoms with Crippen LogP contribution in [0.15, 0.2) is 35.6 Å². The van der Waals surface area contributed by atoms with Crippen molar-refractivity contribution in [1.82, 2.24) is 9.97 Å². The molecule has 2 aliphatic rings. The number of hydrogen-bond donors (Lipinski definition) is 2. The first-order valence-corrected chi connectivity index (χ1v) is 10.1. The fourth-order valence-corrected chi connectivity index (χ4v) is 4.30. The molecule has 182 valence electrons. The van der Waals surface area contributed by atoms with Gasteiger partial charge in [0.05, 0.1) is 12.4 Å². The number of halogens is 6. The van der Waals surface area contributed by atoms with Gasteiger partial charge in [-0.05, 0) is 18.2 Å². The Hall–Kier alpha value is -3.38. The molecule has 2 heterocycles. The lowest BCUT2D eigenvalue weighted by atomic mass is 9.76. The number of nitrogens with two attached hydrogens (primary N) is 1. The lowest BCUT2D eigenvalue weighted by Crippen LogP contribution is -2.48. The summed E-state index contributed by atoms with van der Waals surface area (Å²) < 4.78 is 89.3. The van der Waals surface area contributed by atoms with Crippen molar-refractivity contribution in [3.05, 3.63) is 53.4 Å². The maximum atomic E-state index is 14.9. The van der Waals surface area contributed by atoms with Crippen molar-refractivity contribution < 1.29 is 35.9 Å². The number of aliphatic imine (C=N–C) groups is 1. The maximum absolute atomic E-state index is 14.9. The average Bonchev–Trinajstić information content (AvgIpc) is 3.08. The summed E-state index contributed by atoms with van der Waals surface area (Å²) >= 11 is 0. The highest BCUT2D eigenvalue weighted by Gasteiger charge is 2.60. The summed E-state index contributed by atoms with van der Waals surface area (Å²) in [5, 5.41) is 2.37. The van der Waals surface area contributed by atoms with Gasteiger partial charge in [0.25, 0.3) is 23.8 Å². The average molecular weight is 487 g/mol. The van der Waals surface area contributed by atoms with Gasteiger partial charge in [0.1, 0.15) is 35.5 Å². The summed E-state index contributed by atoms with van der Waals surface area (Å²) in [6, 6.07) is 2.58. The Morgan fingerprint density at radius 2 is 2.00 bits per heavy atom. The normalized spacial score (nSPS) is 25.8. The molecule has 2 aromatic rings. The van der Waals surface area contributed by atoms with E-state index < -0.39 is 72.4 Å². The van der Waals surface area contributed by atoms with Crippen LogP contribution in [0.1, 0.15) is 41.5 Å². The van der Waals surface area contributed by atoms with Crippen molar-refractivity contribution in [1.29, 1.82) is 0 Å². The third-order valence-electron chi connectivity index (χ3n) is 5.89. The standard InChI is InChI=1S/C21H19F6N5O2/c1-19(24,25)16-8-29-14(7-30-16)17(33)31-10-2-3-13(23)11(4-10)21(9-22)12-5-20(26,27)6-15(12)34-18(28)32-21/h2-4,7-8,12,15H,5-6,9H2,1H3,(H2,28,32)(H,31,33)/t12?,15-,21?/m0/s1. The van der Waals surface area contributed by atoms with Crippen molar-refractivity contribution in [2.75, 3.05) is 12.0 Å². The Labute approximate surface area is 189 Å². The number of amidine groups is 1. The topological polar surface area (TPSA) is 102 Å². The summed E-state index contributed by atoms with van der Waals surface area (Å²) in [5.41, 5.74) is 2.13. The van der Waals surface area contributed by atoms with E-state index in [0.717, 1.165) is 30.6 Å². The van der Waals surface area contributed by atoms with Gasteiger partial charge in [-0.15, -0.1) is 0 Å². The molecule has 0 bridgehead atoms. The van der Waals surface area contributed by atoms with Gasteiger partial charge < -0.3 is 15.8 Å². The zero-order valence-corrected chi connectivity index (χ0v) is 17.7. The van der Waals surface area contributed by atoms with E-state index >= 15 is 0 Å². The maximum Gasteiger partial charge on any atom is 0.288 e. The van der Waals surface area contributed by atoms with Crippen LogP contribution in [0, 0.1) is 11.7 Å². The number of benzene rings is 1. The first kappa shape index (κ1) is 23.8. The largest absolute Gasteiger partial charge is 0.461 e. The van der Waals surface area contributed by atoms with Crippen LogP contribution in [-0.2, 0) is 16.2 Å². The predicted octanol–water partition coefficient (Wildman–Crippen LogP) is 3.90. The predicted molar refractivity (Wildman–Crippen MR) is 108 cm³/mol. The smallest absolute Gasteiger partial charge is 0.288 e. The Balaban J connectivity index is 1.66. The number of ether oxygens (including phenoxy) is 1. The SMILES string of the molecule is CC(F)(F)c1cnc(C(=O)Nc2ccc(F)c(C3(CF)N=C(N)O[C@H]4CC(F)(F)CC43)c2)cn1. The highest BCUT2D eigenvalue weighted by molar-refractivity contribution is 6.02. The monoisotopic (exact) mass is 487 g/mol. The zero-order chi connectivity index (χ0) is 24.9. The summed E-state index contributed by atoms with van der Waals surface area (Å²) in [6.45, 7) is -0.728. The number of alkyl halides is 5. The first-order chi connectivity index (χ1) is 15.8. The second kappa shape index (κ2) is 8.13. The molecule has 1 aromatic carbocycles. The third-order valence-corrected chi connectivity index (χ3v) is 5.89. The molecule has 3 N–H and O–H groups in total. The van der Waals surface area contributed by atoms with Crippen molar-refractivity contribution in [3.63, 3.8) is 0 Å². The van der Waals surface area contributed by atoms with E-state index in [4.69, 9.17) is 10.5 Å². The van der Waals surface area contributed by atoms with E-state index in [-0.39, 0.29) is 16.9 Å². The minimum absolute atomic E-state index is 0.0394. The second-order valence-corrected chi connectivity index (χ2v) is 8.36. The van der Waals surface area contributed by atoms with Gasteiger partial charge in [0, 0.05) is 36.9 Å². The van der Waals surface area contributed by atoms with E-state index in [2.05, 4.69) is 20.3 Å². The number of hydrogen-bond acceptors (Lipinski definition) is 6. The van der Waals surface area contributed by atoms with Crippen LogP contribution in [0.4, 0.5) is 32.0 Å². The highest BCUT2D eigenvalue weighted by Crippen LogP contribution is 2.53. The number of carbonyl (C=O) groups is 1. The molecule has 4 rings (SSSR count). The van der Waals surface area contributed by atoms with E-state index in [1.165, 1.54) is 0 Å². The van der Waals surface area contributed by atoms with Gasteiger partial charge in [0.2, 0.25) is 0 Å². The van der Waals surface area contributed by atoms with Gasteiger partial charge >= 0.3 is 0 Å². The van der Waals surface area contributed by atoms with E-state index in [1.54, 1.807) is 0 Å². The molecule has 1 aromatic heterocycles. The molecular weight excluding hydrogens is 468 g/mol. The second-order valence-electron chi connectivity index (χ2n) is 8.36. The molecule has 0 radical (unpaired) electrons. The van der Waals surface area contributed by atoms with Gasteiger partial charge in [-0.2, -0.15) is 8.78 Å². The van der Waals surface area contributed by atoms with E-state index in [1.807, 2.05) is 0 Å². The van der Waals surface area contributed by atoms with Crippen LogP contribution >= 0.6 is 0 Å². The van der Waals surface area contributed by atoms with Crippen molar-refractivity contribution >= 4 is 17.6 Å². The molecule has 1 saturated carbocycles. The number of rotatable bonds is 5. The van der Waals surface area contributed by atoms with Crippen LogP contribution in [0.2, 0.25) is 0 Å². The highest BCUT2D eigenvalue weighted by atomic mass is 19.3. The minimum atomic E-state index is -3.25. The molecule has 2 unspecified atom stereocenters. The zero-order valence-electron chi connectivity index (χ0n) is 17.7. The lowest BCUT2D eigenvalue weighted by molar-refractivity contribution is -0.00303. The summed E-state index contributed by atoms with van der Waals surface area (Å²) in [6.07, 6.45) is -1.11.